The molecule has 3 amide bonds. The van der Waals surface area contributed by atoms with Crippen molar-refractivity contribution in [1.29, 1.82) is 0 Å². The van der Waals surface area contributed by atoms with Gasteiger partial charge in [-0.05, 0) is 66.6 Å². The summed E-state index contributed by atoms with van der Waals surface area (Å²) < 4.78 is 0. The van der Waals surface area contributed by atoms with Gasteiger partial charge in [-0.3, -0.25) is 14.4 Å². The van der Waals surface area contributed by atoms with Gasteiger partial charge < -0.3 is 16.0 Å². The van der Waals surface area contributed by atoms with Crippen molar-refractivity contribution in [2.45, 2.75) is 17.1 Å². The fourth-order valence-corrected chi connectivity index (χ4v) is 5.47. The van der Waals surface area contributed by atoms with E-state index in [1.54, 1.807) is 36.4 Å². The van der Waals surface area contributed by atoms with Crippen molar-refractivity contribution in [3.63, 3.8) is 0 Å². The molecule has 3 N–H and O–H groups in total. The van der Waals surface area contributed by atoms with Gasteiger partial charge >= 0.3 is 0 Å². The lowest BCUT2D eigenvalue weighted by Gasteiger charge is -2.18. The van der Waals surface area contributed by atoms with Gasteiger partial charge in [0.2, 0.25) is 5.91 Å². The van der Waals surface area contributed by atoms with E-state index in [1.165, 1.54) is 11.8 Å². The average molecular weight is 598 g/mol. The van der Waals surface area contributed by atoms with Gasteiger partial charge in [-0.2, -0.15) is 0 Å². The summed E-state index contributed by atoms with van der Waals surface area (Å²) in [5, 5.41) is 8.16. The number of hydrogen-bond acceptors (Lipinski definition) is 4. The number of benzene rings is 5. The Morgan fingerprint density at radius 2 is 1.30 bits per heavy atom. The molecule has 0 saturated heterocycles. The Labute approximate surface area is 261 Å². The maximum atomic E-state index is 13.5. The summed E-state index contributed by atoms with van der Waals surface area (Å²) in [6.45, 7) is 2.00. The zero-order valence-corrected chi connectivity index (χ0v) is 24.9. The molecule has 0 aromatic heterocycles. The minimum atomic E-state index is -0.540. The van der Waals surface area contributed by atoms with E-state index >= 15 is 0 Å². The predicted octanol–water partition coefficient (Wildman–Crippen LogP) is 7.88. The highest BCUT2D eigenvalue weighted by molar-refractivity contribution is 8.00. The van der Waals surface area contributed by atoms with Crippen molar-refractivity contribution in [3.05, 3.63) is 167 Å². The summed E-state index contributed by atoms with van der Waals surface area (Å²) in [6, 6.07) is 42.6. The summed E-state index contributed by atoms with van der Waals surface area (Å²) in [4.78, 5) is 40.7. The molecule has 5 aromatic rings. The maximum Gasteiger partial charge on any atom is 0.272 e. The summed E-state index contributed by atoms with van der Waals surface area (Å²) in [5.41, 5.74) is 4.51. The summed E-state index contributed by atoms with van der Waals surface area (Å²) in [5.74, 6) is -1.02. The Balaban J connectivity index is 1.36. The lowest BCUT2D eigenvalue weighted by molar-refractivity contribution is -0.116. The van der Waals surface area contributed by atoms with Crippen molar-refractivity contribution in [2.75, 3.05) is 10.6 Å². The first-order chi connectivity index (χ1) is 21.4. The van der Waals surface area contributed by atoms with Gasteiger partial charge in [0.15, 0.2) is 0 Å². The Morgan fingerprint density at radius 3 is 1.98 bits per heavy atom. The molecule has 0 radical (unpaired) electrons. The van der Waals surface area contributed by atoms with E-state index in [4.69, 9.17) is 0 Å². The number of nitrogens with one attached hydrogen (secondary N) is 3. The summed E-state index contributed by atoms with van der Waals surface area (Å²) in [6.07, 6.45) is 1.63. The van der Waals surface area contributed by atoms with Crippen LogP contribution in [0.1, 0.15) is 32.3 Å². The predicted molar refractivity (Wildman–Crippen MR) is 178 cm³/mol. The van der Waals surface area contributed by atoms with Gasteiger partial charge in [0, 0.05) is 21.8 Å². The largest absolute Gasteiger partial charge is 0.325 e. The number of carbonyl (C=O) groups is 3. The van der Waals surface area contributed by atoms with Crippen LogP contribution in [0.4, 0.5) is 11.4 Å². The first kappa shape index (κ1) is 30.1. The molecule has 0 fully saturated rings. The van der Waals surface area contributed by atoms with E-state index in [1.807, 2.05) is 116 Å². The van der Waals surface area contributed by atoms with Gasteiger partial charge in [0.05, 0.1) is 0 Å². The van der Waals surface area contributed by atoms with Crippen LogP contribution in [0.3, 0.4) is 0 Å². The van der Waals surface area contributed by atoms with Crippen LogP contribution in [0.2, 0.25) is 0 Å². The molecule has 0 heterocycles. The second kappa shape index (κ2) is 14.7. The molecule has 5 aromatic carbocycles. The topological polar surface area (TPSA) is 87.3 Å². The standard InChI is InChI=1S/C37H31N3O3S/c1-26-20-22-30(23-21-26)38-37(43)34(28-14-7-3-8-15-28)44-32-19-11-18-31(25-32)39-36(42)33(24-27-12-5-2-6-13-27)40-35(41)29-16-9-4-10-17-29/h2-25,34H,1H3,(H,38,43)(H,39,42)(H,40,41)/b33-24-. The third kappa shape index (κ3) is 8.33. The van der Waals surface area contributed by atoms with Crippen molar-refractivity contribution in [1.82, 2.24) is 5.32 Å². The zero-order valence-electron chi connectivity index (χ0n) is 24.1. The fourth-order valence-electron chi connectivity index (χ4n) is 4.39. The van der Waals surface area contributed by atoms with Crippen LogP contribution in [-0.4, -0.2) is 17.7 Å². The highest BCUT2D eigenvalue weighted by Gasteiger charge is 2.23. The number of rotatable bonds is 10. The molecular formula is C37H31N3O3S. The Kier molecular flexibility index (Phi) is 10.0. The molecule has 0 saturated carbocycles. The molecule has 218 valence electrons. The second-order valence-electron chi connectivity index (χ2n) is 10.0. The molecule has 0 bridgehead atoms. The molecule has 44 heavy (non-hydrogen) atoms. The molecule has 1 unspecified atom stereocenters. The molecule has 0 spiro atoms. The Hall–Kier alpha value is -5.40. The number of hydrogen-bond donors (Lipinski definition) is 3. The number of thioether (sulfide) groups is 1. The van der Waals surface area contributed by atoms with E-state index in [9.17, 15) is 14.4 Å². The zero-order chi connectivity index (χ0) is 30.7. The fraction of sp³-hybridized carbons (Fsp3) is 0.0541. The van der Waals surface area contributed by atoms with Crippen LogP contribution in [0.15, 0.2) is 150 Å². The van der Waals surface area contributed by atoms with E-state index in [0.29, 0.717) is 11.3 Å². The van der Waals surface area contributed by atoms with E-state index < -0.39 is 17.1 Å². The molecule has 5 rings (SSSR count). The van der Waals surface area contributed by atoms with Gasteiger partial charge in [-0.25, -0.2) is 0 Å². The van der Waals surface area contributed by atoms with Gasteiger partial charge in [-0.15, -0.1) is 11.8 Å². The normalized spacial score (nSPS) is 11.7. The van der Waals surface area contributed by atoms with Gasteiger partial charge in [0.1, 0.15) is 10.9 Å². The Morgan fingerprint density at radius 1 is 0.659 bits per heavy atom. The monoisotopic (exact) mass is 597 g/mol. The third-order valence-electron chi connectivity index (χ3n) is 6.64. The summed E-state index contributed by atoms with van der Waals surface area (Å²) >= 11 is 1.38. The molecule has 6 nitrogen and oxygen atoms in total. The highest BCUT2D eigenvalue weighted by atomic mass is 32.2. The SMILES string of the molecule is Cc1ccc(NC(=O)C(Sc2cccc(NC(=O)/C(=C/c3ccccc3)NC(=O)c3ccccc3)c2)c2ccccc2)cc1. The first-order valence-corrected chi connectivity index (χ1v) is 15.0. The minimum Gasteiger partial charge on any atom is -0.325 e. The van der Waals surface area contributed by atoms with Crippen LogP contribution in [0.25, 0.3) is 6.08 Å². The van der Waals surface area contributed by atoms with Crippen LogP contribution < -0.4 is 16.0 Å². The smallest absolute Gasteiger partial charge is 0.272 e. The molecule has 1 atom stereocenters. The van der Waals surface area contributed by atoms with Crippen molar-refractivity contribution in [3.8, 4) is 0 Å². The van der Waals surface area contributed by atoms with E-state index in [2.05, 4.69) is 16.0 Å². The van der Waals surface area contributed by atoms with Crippen molar-refractivity contribution < 1.29 is 14.4 Å². The Bertz CT molecular complexity index is 1760. The lowest BCUT2D eigenvalue weighted by Crippen LogP contribution is -2.30. The number of amides is 3. The van der Waals surface area contributed by atoms with Gasteiger partial charge in [-0.1, -0.05) is 103 Å². The van der Waals surface area contributed by atoms with E-state index in [-0.39, 0.29) is 11.6 Å². The molecular weight excluding hydrogens is 566 g/mol. The van der Waals surface area contributed by atoms with Crippen LogP contribution in [0, 0.1) is 6.92 Å². The lowest BCUT2D eigenvalue weighted by atomic mass is 10.1. The number of aryl methyl sites for hydroxylation is 1. The maximum absolute atomic E-state index is 13.5. The number of anilines is 2. The minimum absolute atomic E-state index is 0.0998. The van der Waals surface area contributed by atoms with Crippen LogP contribution in [0.5, 0.6) is 0 Å². The van der Waals surface area contributed by atoms with Crippen LogP contribution in [-0.2, 0) is 9.59 Å². The first-order valence-electron chi connectivity index (χ1n) is 14.1. The quantitative estimate of drug-likeness (QED) is 0.113. The molecule has 0 aliphatic carbocycles. The molecule has 0 aliphatic rings. The second-order valence-corrected chi connectivity index (χ2v) is 11.2. The van der Waals surface area contributed by atoms with Crippen molar-refractivity contribution in [2.24, 2.45) is 0 Å². The van der Waals surface area contributed by atoms with E-state index in [0.717, 1.165) is 27.3 Å². The molecule has 0 aliphatic heterocycles. The number of carbonyl (C=O) groups excluding carboxylic acids is 3. The highest BCUT2D eigenvalue weighted by Crippen LogP contribution is 2.37. The summed E-state index contributed by atoms with van der Waals surface area (Å²) in [7, 11) is 0. The molecule has 7 heteroatoms. The van der Waals surface area contributed by atoms with Crippen molar-refractivity contribution >= 4 is 46.9 Å². The van der Waals surface area contributed by atoms with Gasteiger partial charge in [0.25, 0.3) is 11.8 Å². The average Bonchev–Trinajstić information content (AvgIpc) is 3.06. The van der Waals surface area contributed by atoms with Crippen LogP contribution >= 0.6 is 11.8 Å². The third-order valence-corrected chi connectivity index (χ3v) is 7.89.